The van der Waals surface area contributed by atoms with Crippen molar-refractivity contribution < 1.29 is 13.9 Å². The molecular formula is C20H17FN2O2. The zero-order chi connectivity index (χ0) is 17.6. The van der Waals surface area contributed by atoms with Crippen molar-refractivity contribution >= 4 is 23.0 Å². The molecule has 0 radical (unpaired) electrons. The van der Waals surface area contributed by atoms with Gasteiger partial charge in [0.1, 0.15) is 11.6 Å². The molecule has 0 heterocycles. The van der Waals surface area contributed by atoms with Crippen LogP contribution in [0.1, 0.15) is 10.4 Å². The highest BCUT2D eigenvalue weighted by Gasteiger charge is 2.07. The van der Waals surface area contributed by atoms with Gasteiger partial charge in [-0.25, -0.2) is 4.39 Å². The van der Waals surface area contributed by atoms with E-state index in [4.69, 9.17) is 4.74 Å². The van der Waals surface area contributed by atoms with Gasteiger partial charge in [-0.1, -0.05) is 6.07 Å². The molecule has 0 spiro atoms. The molecule has 3 aromatic carbocycles. The summed E-state index contributed by atoms with van der Waals surface area (Å²) in [6, 6.07) is 20.4. The Morgan fingerprint density at radius 2 is 1.48 bits per heavy atom. The predicted octanol–water partition coefficient (Wildman–Crippen LogP) is 4.83. The average molecular weight is 336 g/mol. The number of benzene rings is 3. The number of carbonyl (C=O) groups excluding carboxylic acids is 1. The largest absolute Gasteiger partial charge is 0.497 e. The molecule has 0 bridgehead atoms. The highest BCUT2D eigenvalue weighted by molar-refractivity contribution is 6.04. The standard InChI is InChI=1S/C20H17FN2O2/c1-25-19-11-9-17(10-12-19)22-16-5-7-18(8-6-16)23-20(24)14-3-2-4-15(21)13-14/h2-13,22H,1H3,(H,23,24). The summed E-state index contributed by atoms with van der Waals surface area (Å²) in [7, 11) is 1.62. The topological polar surface area (TPSA) is 50.4 Å². The number of nitrogens with one attached hydrogen (secondary N) is 2. The van der Waals surface area contributed by atoms with Gasteiger partial charge in [-0.3, -0.25) is 4.79 Å². The number of rotatable bonds is 5. The van der Waals surface area contributed by atoms with Crippen LogP contribution >= 0.6 is 0 Å². The fourth-order valence-electron chi connectivity index (χ4n) is 2.31. The third-order valence-corrected chi connectivity index (χ3v) is 3.61. The lowest BCUT2D eigenvalue weighted by Crippen LogP contribution is -2.11. The highest BCUT2D eigenvalue weighted by atomic mass is 19.1. The van der Waals surface area contributed by atoms with Crippen LogP contribution in [0, 0.1) is 5.82 Å². The van der Waals surface area contributed by atoms with E-state index in [-0.39, 0.29) is 11.5 Å². The van der Waals surface area contributed by atoms with Crippen LogP contribution < -0.4 is 15.4 Å². The van der Waals surface area contributed by atoms with Gasteiger partial charge in [0.2, 0.25) is 0 Å². The molecule has 0 atom stereocenters. The number of halogens is 1. The maximum absolute atomic E-state index is 13.2. The first-order chi connectivity index (χ1) is 12.1. The minimum atomic E-state index is -0.438. The zero-order valence-corrected chi connectivity index (χ0v) is 13.6. The quantitative estimate of drug-likeness (QED) is 0.701. The summed E-state index contributed by atoms with van der Waals surface area (Å²) in [6.45, 7) is 0. The van der Waals surface area contributed by atoms with Gasteiger partial charge in [0.25, 0.3) is 5.91 Å². The molecule has 0 unspecified atom stereocenters. The van der Waals surface area contributed by atoms with Gasteiger partial charge >= 0.3 is 0 Å². The Balaban J connectivity index is 1.64. The Morgan fingerprint density at radius 1 is 0.880 bits per heavy atom. The molecule has 3 aromatic rings. The van der Waals surface area contributed by atoms with Crippen molar-refractivity contribution in [2.24, 2.45) is 0 Å². The smallest absolute Gasteiger partial charge is 0.255 e. The van der Waals surface area contributed by atoms with Crippen LogP contribution in [0.4, 0.5) is 21.5 Å². The second kappa shape index (κ2) is 7.49. The Hall–Kier alpha value is -3.34. The molecule has 126 valence electrons. The van der Waals surface area contributed by atoms with Gasteiger partial charge in [0.05, 0.1) is 7.11 Å². The second-order valence-corrected chi connectivity index (χ2v) is 5.40. The molecule has 0 saturated heterocycles. The van der Waals surface area contributed by atoms with Crippen molar-refractivity contribution in [3.05, 3.63) is 84.2 Å². The summed E-state index contributed by atoms with van der Waals surface area (Å²) in [6.07, 6.45) is 0. The van der Waals surface area contributed by atoms with Gasteiger partial charge in [-0.15, -0.1) is 0 Å². The van der Waals surface area contributed by atoms with Gasteiger partial charge in [-0.05, 0) is 66.7 Å². The first-order valence-corrected chi connectivity index (χ1v) is 7.72. The summed E-state index contributed by atoms with van der Waals surface area (Å²) in [5, 5.41) is 6.00. The van der Waals surface area contributed by atoms with Crippen molar-refractivity contribution in [2.75, 3.05) is 17.7 Å². The first kappa shape index (κ1) is 16.5. The second-order valence-electron chi connectivity index (χ2n) is 5.40. The number of amides is 1. The van der Waals surface area contributed by atoms with Gasteiger partial charge < -0.3 is 15.4 Å². The Bertz CT molecular complexity index is 862. The summed E-state index contributed by atoms with van der Waals surface area (Å²) in [4.78, 5) is 12.1. The third-order valence-electron chi connectivity index (χ3n) is 3.61. The van der Waals surface area contributed by atoms with Crippen molar-refractivity contribution in [3.63, 3.8) is 0 Å². The monoisotopic (exact) mass is 336 g/mol. The predicted molar refractivity (Wildman–Crippen MR) is 97.1 cm³/mol. The van der Waals surface area contributed by atoms with E-state index in [1.807, 2.05) is 36.4 Å². The summed E-state index contributed by atoms with van der Waals surface area (Å²) in [5.41, 5.74) is 2.72. The fraction of sp³-hybridized carbons (Fsp3) is 0.0500. The normalized spacial score (nSPS) is 10.2. The lowest BCUT2D eigenvalue weighted by molar-refractivity contribution is 0.102. The molecule has 3 rings (SSSR count). The number of anilines is 3. The number of ether oxygens (including phenoxy) is 1. The molecule has 2 N–H and O–H groups in total. The summed E-state index contributed by atoms with van der Waals surface area (Å²) >= 11 is 0. The number of hydrogen-bond donors (Lipinski definition) is 2. The fourth-order valence-corrected chi connectivity index (χ4v) is 2.31. The molecule has 0 aromatic heterocycles. The van der Waals surface area contributed by atoms with Crippen LogP contribution in [0.25, 0.3) is 0 Å². The van der Waals surface area contributed by atoms with E-state index in [2.05, 4.69) is 10.6 Å². The first-order valence-electron chi connectivity index (χ1n) is 7.72. The minimum Gasteiger partial charge on any atom is -0.497 e. The van der Waals surface area contributed by atoms with Crippen molar-refractivity contribution in [1.82, 2.24) is 0 Å². The van der Waals surface area contributed by atoms with E-state index in [1.54, 1.807) is 25.3 Å². The minimum absolute atomic E-state index is 0.278. The molecule has 0 fully saturated rings. The third kappa shape index (κ3) is 4.35. The van der Waals surface area contributed by atoms with E-state index in [1.165, 1.54) is 18.2 Å². The van der Waals surface area contributed by atoms with E-state index >= 15 is 0 Å². The van der Waals surface area contributed by atoms with E-state index < -0.39 is 5.82 Å². The van der Waals surface area contributed by atoms with Gasteiger partial charge in [0.15, 0.2) is 0 Å². The van der Waals surface area contributed by atoms with E-state index in [0.717, 1.165) is 17.1 Å². The van der Waals surface area contributed by atoms with Crippen molar-refractivity contribution in [3.8, 4) is 5.75 Å². The SMILES string of the molecule is COc1ccc(Nc2ccc(NC(=O)c3cccc(F)c3)cc2)cc1. The van der Waals surface area contributed by atoms with Crippen LogP contribution in [0.5, 0.6) is 5.75 Å². The Labute approximate surface area is 145 Å². The number of methoxy groups -OCH3 is 1. The molecule has 0 aliphatic heterocycles. The van der Waals surface area contributed by atoms with Crippen LogP contribution in [0.2, 0.25) is 0 Å². The van der Waals surface area contributed by atoms with Crippen molar-refractivity contribution in [1.29, 1.82) is 0 Å². The lowest BCUT2D eigenvalue weighted by atomic mass is 10.2. The number of hydrogen-bond acceptors (Lipinski definition) is 3. The molecule has 25 heavy (non-hydrogen) atoms. The molecule has 0 aliphatic rings. The van der Waals surface area contributed by atoms with Crippen LogP contribution in [-0.2, 0) is 0 Å². The van der Waals surface area contributed by atoms with E-state index in [0.29, 0.717) is 5.69 Å². The van der Waals surface area contributed by atoms with E-state index in [9.17, 15) is 9.18 Å². The molecule has 0 saturated carbocycles. The lowest BCUT2D eigenvalue weighted by Gasteiger charge is -2.09. The van der Waals surface area contributed by atoms with Gasteiger partial charge in [-0.2, -0.15) is 0 Å². The summed E-state index contributed by atoms with van der Waals surface area (Å²) < 4.78 is 18.3. The maximum Gasteiger partial charge on any atom is 0.255 e. The van der Waals surface area contributed by atoms with Crippen LogP contribution in [0.15, 0.2) is 72.8 Å². The maximum atomic E-state index is 13.2. The Kier molecular flexibility index (Phi) is 4.95. The molecular weight excluding hydrogens is 319 g/mol. The summed E-state index contributed by atoms with van der Waals surface area (Å²) in [5.74, 6) is 0.00279. The Morgan fingerprint density at radius 3 is 2.08 bits per heavy atom. The average Bonchev–Trinajstić information content (AvgIpc) is 2.64. The van der Waals surface area contributed by atoms with Crippen LogP contribution in [-0.4, -0.2) is 13.0 Å². The highest BCUT2D eigenvalue weighted by Crippen LogP contribution is 2.21. The number of carbonyl (C=O) groups is 1. The van der Waals surface area contributed by atoms with Gasteiger partial charge in [0, 0.05) is 22.6 Å². The van der Waals surface area contributed by atoms with Crippen molar-refractivity contribution in [2.45, 2.75) is 0 Å². The molecule has 5 heteroatoms. The molecule has 0 aliphatic carbocycles. The molecule has 1 amide bonds. The zero-order valence-electron chi connectivity index (χ0n) is 13.6. The molecule has 4 nitrogen and oxygen atoms in total. The van der Waals surface area contributed by atoms with Crippen LogP contribution in [0.3, 0.4) is 0 Å².